The molecular formula is C28H31FN4O6. The molecule has 3 aromatic rings. The zero-order chi connectivity index (χ0) is 27.4. The second-order valence-corrected chi connectivity index (χ2v) is 9.70. The molecule has 10 nitrogen and oxygen atoms in total. The number of ether oxygens (including phenoxy) is 3. The fourth-order valence-electron chi connectivity index (χ4n) is 4.58. The Labute approximate surface area is 225 Å². The van der Waals surface area contributed by atoms with E-state index in [4.69, 9.17) is 14.2 Å². The molecule has 1 saturated carbocycles. The van der Waals surface area contributed by atoms with Gasteiger partial charge in [0.25, 0.3) is 0 Å². The van der Waals surface area contributed by atoms with Gasteiger partial charge in [-0.1, -0.05) is 0 Å². The fraction of sp³-hybridized carbons (Fsp3) is 0.393. The topological polar surface area (TPSA) is 122 Å². The van der Waals surface area contributed by atoms with Crippen molar-refractivity contribution in [2.45, 2.75) is 19.3 Å². The number of rotatable bonds is 11. The van der Waals surface area contributed by atoms with E-state index in [1.165, 1.54) is 12.1 Å². The summed E-state index contributed by atoms with van der Waals surface area (Å²) in [6.07, 6.45) is 3.03. The van der Waals surface area contributed by atoms with Crippen LogP contribution in [-0.4, -0.2) is 73.4 Å². The van der Waals surface area contributed by atoms with Gasteiger partial charge in [0.2, 0.25) is 5.91 Å². The molecule has 1 aliphatic carbocycles. The van der Waals surface area contributed by atoms with E-state index in [0.717, 1.165) is 45.3 Å². The van der Waals surface area contributed by atoms with Crippen LogP contribution in [0.5, 0.6) is 11.5 Å². The number of halogens is 1. The maximum atomic E-state index is 15.0. The lowest BCUT2D eigenvalue weighted by atomic mass is 10.1. The highest BCUT2D eigenvalue weighted by atomic mass is 19.1. The predicted molar refractivity (Wildman–Crippen MR) is 143 cm³/mol. The van der Waals surface area contributed by atoms with Crippen molar-refractivity contribution in [3.8, 4) is 11.5 Å². The van der Waals surface area contributed by atoms with Crippen LogP contribution in [0.15, 0.2) is 42.6 Å². The quantitative estimate of drug-likeness (QED) is 0.245. The highest BCUT2D eigenvalue weighted by Crippen LogP contribution is 2.47. The number of benzene rings is 2. The summed E-state index contributed by atoms with van der Waals surface area (Å²) in [5.74, 6) is -1.29. The van der Waals surface area contributed by atoms with Gasteiger partial charge in [-0.25, -0.2) is 4.39 Å². The van der Waals surface area contributed by atoms with Crippen molar-refractivity contribution in [3.63, 3.8) is 0 Å². The van der Waals surface area contributed by atoms with Gasteiger partial charge in [0, 0.05) is 48.7 Å². The number of fused-ring (bicyclic) bond motifs is 1. The van der Waals surface area contributed by atoms with Gasteiger partial charge in [0.1, 0.15) is 11.2 Å². The predicted octanol–water partition coefficient (Wildman–Crippen LogP) is 4.03. The first-order valence-electron chi connectivity index (χ1n) is 12.9. The number of pyridine rings is 1. The van der Waals surface area contributed by atoms with Gasteiger partial charge in [0.05, 0.1) is 38.1 Å². The smallest absolute Gasteiger partial charge is 0.319 e. The molecule has 2 heterocycles. The van der Waals surface area contributed by atoms with E-state index in [-0.39, 0.29) is 24.2 Å². The number of morpholine rings is 1. The molecule has 2 aliphatic rings. The Hall–Kier alpha value is -3.96. The minimum atomic E-state index is -1.41. The van der Waals surface area contributed by atoms with Crippen molar-refractivity contribution in [1.82, 2.24) is 9.88 Å². The molecule has 1 saturated heterocycles. The number of methoxy groups -OCH3 is 1. The van der Waals surface area contributed by atoms with Crippen LogP contribution < -0.4 is 20.1 Å². The minimum absolute atomic E-state index is 0.183. The molecule has 0 radical (unpaired) electrons. The lowest BCUT2D eigenvalue weighted by molar-refractivity contribution is -0.147. The lowest BCUT2D eigenvalue weighted by Crippen LogP contribution is -2.37. The Morgan fingerprint density at radius 2 is 1.92 bits per heavy atom. The van der Waals surface area contributed by atoms with Gasteiger partial charge in [-0.3, -0.25) is 19.5 Å². The first-order valence-corrected chi connectivity index (χ1v) is 12.9. The van der Waals surface area contributed by atoms with Crippen LogP contribution >= 0.6 is 0 Å². The number of carbonyl (C=O) groups is 2. The molecule has 1 aliphatic heterocycles. The molecule has 2 aromatic carbocycles. The number of anilines is 3. The van der Waals surface area contributed by atoms with Crippen LogP contribution in [0.3, 0.4) is 0 Å². The van der Waals surface area contributed by atoms with Crippen LogP contribution in [0.1, 0.15) is 19.3 Å². The molecule has 5 rings (SSSR count). The van der Waals surface area contributed by atoms with Crippen LogP contribution in [0.4, 0.5) is 21.5 Å². The summed E-state index contributed by atoms with van der Waals surface area (Å²) in [6.45, 7) is 4.85. The van der Waals surface area contributed by atoms with Crippen molar-refractivity contribution in [1.29, 1.82) is 0 Å². The molecule has 11 heteroatoms. The normalized spacial score (nSPS) is 16.5. The van der Waals surface area contributed by atoms with E-state index < -0.39 is 23.1 Å². The molecule has 2 fully saturated rings. The zero-order valence-electron chi connectivity index (χ0n) is 21.7. The van der Waals surface area contributed by atoms with Crippen molar-refractivity contribution in [2.24, 2.45) is 5.41 Å². The Morgan fingerprint density at radius 1 is 1.13 bits per heavy atom. The Balaban J connectivity index is 1.27. The van der Waals surface area contributed by atoms with Crippen LogP contribution in [-0.2, 0) is 14.3 Å². The Morgan fingerprint density at radius 3 is 2.62 bits per heavy atom. The number of aliphatic carboxylic acids is 1. The average Bonchev–Trinajstić information content (AvgIpc) is 3.75. The van der Waals surface area contributed by atoms with Crippen molar-refractivity contribution in [3.05, 3.63) is 48.4 Å². The standard InChI is InChI=1S/C28H31FN4O6/c1-37-24-16-19-21(5-8-30-23(19)17-25(24)39-12-2-9-33-10-13-38-14-11-33)32-22-4-3-18(15-20(22)29)31-26(34)28(6-7-28)27(35)36/h3-5,8,15-17H,2,6-7,9-14H2,1H3,(H,30,32)(H,31,34)(H,35,36). The number of hydrogen-bond donors (Lipinski definition) is 3. The maximum absolute atomic E-state index is 15.0. The Bertz CT molecular complexity index is 1370. The second kappa shape index (κ2) is 11.4. The highest BCUT2D eigenvalue weighted by Gasteiger charge is 2.57. The van der Waals surface area contributed by atoms with Gasteiger partial charge >= 0.3 is 5.97 Å². The SMILES string of the molecule is COc1cc2c(Nc3ccc(NC(=O)C4(C(=O)O)CC4)cc3F)ccnc2cc1OCCCN1CCOCC1. The van der Waals surface area contributed by atoms with E-state index in [9.17, 15) is 19.1 Å². The van der Waals surface area contributed by atoms with Crippen molar-refractivity contribution in [2.75, 3.05) is 57.2 Å². The van der Waals surface area contributed by atoms with Crippen molar-refractivity contribution >= 4 is 39.8 Å². The van der Waals surface area contributed by atoms with Crippen LogP contribution in [0.2, 0.25) is 0 Å². The number of amides is 1. The molecule has 3 N–H and O–H groups in total. The van der Waals surface area contributed by atoms with Gasteiger partial charge < -0.3 is 30.0 Å². The molecule has 39 heavy (non-hydrogen) atoms. The number of carboxylic acid groups (broad SMARTS) is 1. The summed E-state index contributed by atoms with van der Waals surface area (Å²) in [6, 6.07) is 9.50. The molecule has 0 atom stereocenters. The lowest BCUT2D eigenvalue weighted by Gasteiger charge is -2.26. The molecule has 206 valence electrons. The molecule has 0 bridgehead atoms. The molecular weight excluding hydrogens is 507 g/mol. The third-order valence-electron chi connectivity index (χ3n) is 7.10. The number of nitrogens with zero attached hydrogens (tertiary/aromatic N) is 2. The largest absolute Gasteiger partial charge is 0.493 e. The third-order valence-corrected chi connectivity index (χ3v) is 7.10. The van der Waals surface area contributed by atoms with E-state index >= 15 is 0 Å². The van der Waals surface area contributed by atoms with Gasteiger partial charge in [0.15, 0.2) is 11.5 Å². The number of hydrogen-bond acceptors (Lipinski definition) is 8. The van der Waals surface area contributed by atoms with Crippen molar-refractivity contribution < 1.29 is 33.3 Å². The summed E-state index contributed by atoms with van der Waals surface area (Å²) in [7, 11) is 1.56. The highest BCUT2D eigenvalue weighted by molar-refractivity contribution is 6.10. The second-order valence-electron chi connectivity index (χ2n) is 9.70. The summed E-state index contributed by atoms with van der Waals surface area (Å²) in [5.41, 5.74) is 0.218. The number of aromatic nitrogens is 1. The van der Waals surface area contributed by atoms with Gasteiger partial charge in [-0.15, -0.1) is 0 Å². The molecule has 0 spiro atoms. The molecule has 1 aromatic heterocycles. The van der Waals surface area contributed by atoms with Gasteiger partial charge in [-0.2, -0.15) is 0 Å². The molecule has 0 unspecified atom stereocenters. The zero-order valence-corrected chi connectivity index (χ0v) is 21.7. The van der Waals surface area contributed by atoms with Crippen LogP contribution in [0, 0.1) is 11.2 Å². The molecule has 1 amide bonds. The fourth-order valence-corrected chi connectivity index (χ4v) is 4.58. The number of nitrogens with one attached hydrogen (secondary N) is 2. The third kappa shape index (κ3) is 5.89. The Kier molecular flexibility index (Phi) is 7.80. The summed E-state index contributed by atoms with van der Waals surface area (Å²) in [4.78, 5) is 30.5. The van der Waals surface area contributed by atoms with E-state index in [0.29, 0.717) is 34.7 Å². The van der Waals surface area contributed by atoms with Crippen LogP contribution in [0.25, 0.3) is 10.9 Å². The summed E-state index contributed by atoms with van der Waals surface area (Å²) in [5, 5.41) is 15.6. The number of carbonyl (C=O) groups excluding carboxylic acids is 1. The number of carboxylic acids is 1. The van der Waals surface area contributed by atoms with E-state index in [1.807, 2.05) is 0 Å². The summed E-state index contributed by atoms with van der Waals surface area (Å²) >= 11 is 0. The minimum Gasteiger partial charge on any atom is -0.493 e. The monoisotopic (exact) mass is 538 g/mol. The maximum Gasteiger partial charge on any atom is 0.319 e. The summed E-state index contributed by atoms with van der Waals surface area (Å²) < 4.78 is 31.9. The first kappa shape index (κ1) is 26.6. The van der Waals surface area contributed by atoms with E-state index in [1.54, 1.807) is 31.5 Å². The van der Waals surface area contributed by atoms with E-state index in [2.05, 4.69) is 20.5 Å². The first-order chi connectivity index (χ1) is 18.9. The average molecular weight is 539 g/mol. The van der Waals surface area contributed by atoms with Gasteiger partial charge in [-0.05, 0) is 49.6 Å².